The zero-order valence-corrected chi connectivity index (χ0v) is 19.1. The molecule has 2 N–H and O–H groups in total. The summed E-state index contributed by atoms with van der Waals surface area (Å²) < 4.78 is 49.6. The van der Waals surface area contributed by atoms with E-state index in [1.54, 1.807) is 36.4 Å². The third-order valence-corrected chi connectivity index (χ3v) is 6.04. The van der Waals surface area contributed by atoms with Gasteiger partial charge in [-0.2, -0.15) is 0 Å². The largest absolute Gasteiger partial charge is 0.495 e. The van der Waals surface area contributed by atoms with Gasteiger partial charge in [0.05, 0.1) is 20.0 Å². The van der Waals surface area contributed by atoms with Gasteiger partial charge >= 0.3 is 0 Å². The number of nitrogens with zero attached hydrogens (tertiary/aromatic N) is 1. The van der Waals surface area contributed by atoms with E-state index in [1.807, 2.05) is 6.92 Å². The highest BCUT2D eigenvalue weighted by Crippen LogP contribution is 2.30. The van der Waals surface area contributed by atoms with Gasteiger partial charge < -0.3 is 23.7 Å². The van der Waals surface area contributed by atoms with Crippen LogP contribution in [-0.2, 0) is 10.0 Å². The molecular formula is C23H21N3O7S. The van der Waals surface area contributed by atoms with Gasteiger partial charge in [-0.05, 0) is 61.5 Å². The maximum Gasteiger partial charge on any atom is 0.277 e. The van der Waals surface area contributed by atoms with Crippen LogP contribution in [-0.4, -0.2) is 33.2 Å². The molecule has 0 aliphatic rings. The minimum absolute atomic E-state index is 0.000798. The molecule has 2 aromatic heterocycles. The van der Waals surface area contributed by atoms with Crippen molar-refractivity contribution in [1.82, 2.24) is 5.16 Å². The second kappa shape index (κ2) is 9.71. The van der Waals surface area contributed by atoms with Crippen LogP contribution in [0.3, 0.4) is 0 Å². The van der Waals surface area contributed by atoms with Crippen LogP contribution in [0.4, 0.5) is 11.4 Å². The third kappa shape index (κ3) is 5.04. The van der Waals surface area contributed by atoms with Crippen molar-refractivity contribution in [1.29, 1.82) is 0 Å². The molecule has 0 aliphatic heterocycles. The fraction of sp³-hybridized carbons (Fsp3) is 0.130. The second-order valence-electron chi connectivity index (χ2n) is 6.94. The van der Waals surface area contributed by atoms with Crippen molar-refractivity contribution >= 4 is 27.3 Å². The number of ether oxygens (including phenoxy) is 2. The van der Waals surface area contributed by atoms with Gasteiger partial charge in [-0.1, -0.05) is 5.16 Å². The topological polar surface area (TPSA) is 133 Å². The molecule has 2 heterocycles. The zero-order chi connectivity index (χ0) is 24.1. The summed E-state index contributed by atoms with van der Waals surface area (Å²) in [7, 11) is -2.69. The van der Waals surface area contributed by atoms with Crippen molar-refractivity contribution in [3.8, 4) is 23.0 Å². The lowest BCUT2D eigenvalue weighted by Crippen LogP contribution is -2.16. The Balaban J connectivity index is 1.54. The Kier molecular flexibility index (Phi) is 6.55. The van der Waals surface area contributed by atoms with Crippen molar-refractivity contribution in [2.75, 3.05) is 23.8 Å². The predicted molar refractivity (Wildman–Crippen MR) is 124 cm³/mol. The number of amides is 1. The highest BCUT2D eigenvalue weighted by Gasteiger charge is 2.22. The second-order valence-corrected chi connectivity index (χ2v) is 8.59. The summed E-state index contributed by atoms with van der Waals surface area (Å²) in [5, 5.41) is 6.35. The summed E-state index contributed by atoms with van der Waals surface area (Å²) in [6, 6.07) is 15.5. The third-order valence-electron chi connectivity index (χ3n) is 4.64. The zero-order valence-electron chi connectivity index (χ0n) is 18.3. The van der Waals surface area contributed by atoms with Gasteiger partial charge in [0.2, 0.25) is 5.76 Å². The number of furan rings is 1. The highest BCUT2D eigenvalue weighted by atomic mass is 32.2. The molecule has 0 spiro atoms. The van der Waals surface area contributed by atoms with Gasteiger partial charge in [-0.3, -0.25) is 9.52 Å². The van der Waals surface area contributed by atoms with E-state index in [1.165, 1.54) is 37.6 Å². The molecule has 34 heavy (non-hydrogen) atoms. The Morgan fingerprint density at radius 3 is 2.47 bits per heavy atom. The number of rotatable bonds is 9. The van der Waals surface area contributed by atoms with Gasteiger partial charge in [-0.25, -0.2) is 8.42 Å². The molecule has 0 aliphatic carbocycles. The molecule has 4 rings (SSSR count). The normalized spacial score (nSPS) is 11.1. The minimum Gasteiger partial charge on any atom is -0.495 e. The van der Waals surface area contributed by atoms with Crippen LogP contribution in [0.1, 0.15) is 17.4 Å². The molecule has 1 amide bonds. The van der Waals surface area contributed by atoms with E-state index in [0.717, 1.165) is 0 Å². The summed E-state index contributed by atoms with van der Waals surface area (Å²) in [4.78, 5) is 12.5. The maximum absolute atomic E-state index is 13.1. The van der Waals surface area contributed by atoms with E-state index in [9.17, 15) is 13.2 Å². The van der Waals surface area contributed by atoms with E-state index in [2.05, 4.69) is 15.2 Å². The van der Waals surface area contributed by atoms with Crippen LogP contribution in [0.2, 0.25) is 0 Å². The van der Waals surface area contributed by atoms with Gasteiger partial charge in [0.25, 0.3) is 15.9 Å². The van der Waals surface area contributed by atoms with Crippen molar-refractivity contribution in [2.24, 2.45) is 0 Å². The summed E-state index contributed by atoms with van der Waals surface area (Å²) in [6.45, 7) is 2.36. The van der Waals surface area contributed by atoms with Gasteiger partial charge in [0, 0.05) is 17.4 Å². The van der Waals surface area contributed by atoms with E-state index in [-0.39, 0.29) is 27.8 Å². The maximum atomic E-state index is 13.1. The number of carbonyl (C=O) groups is 1. The SMILES string of the molecule is CCOc1ccc(NS(=O)(=O)c2cc(NC(=O)c3cc(-c4ccco4)on3)ccc2OC)cc1. The van der Waals surface area contributed by atoms with Crippen LogP contribution >= 0.6 is 0 Å². The first-order chi connectivity index (χ1) is 16.4. The lowest BCUT2D eigenvalue weighted by atomic mass is 10.2. The lowest BCUT2D eigenvalue weighted by Gasteiger charge is -2.14. The summed E-state index contributed by atoms with van der Waals surface area (Å²) in [5.41, 5.74) is 0.563. The molecule has 0 unspecified atom stereocenters. The molecule has 0 bridgehead atoms. The first-order valence-electron chi connectivity index (χ1n) is 10.2. The molecule has 11 heteroatoms. The molecular weight excluding hydrogens is 462 g/mol. The van der Waals surface area contributed by atoms with Crippen molar-refractivity contribution in [3.05, 3.63) is 72.6 Å². The van der Waals surface area contributed by atoms with Crippen LogP contribution in [0.15, 0.2) is 80.8 Å². The molecule has 2 aromatic carbocycles. The number of methoxy groups -OCH3 is 1. The Morgan fingerprint density at radius 1 is 1.03 bits per heavy atom. The fourth-order valence-corrected chi connectivity index (χ4v) is 4.33. The van der Waals surface area contributed by atoms with Gasteiger partial charge in [-0.15, -0.1) is 0 Å². The molecule has 10 nitrogen and oxygen atoms in total. The van der Waals surface area contributed by atoms with Crippen LogP contribution < -0.4 is 19.5 Å². The monoisotopic (exact) mass is 483 g/mol. The van der Waals surface area contributed by atoms with Crippen LogP contribution in [0, 0.1) is 0 Å². The van der Waals surface area contributed by atoms with E-state index >= 15 is 0 Å². The molecule has 0 radical (unpaired) electrons. The van der Waals surface area contributed by atoms with Gasteiger partial charge in [0.15, 0.2) is 11.5 Å². The molecule has 0 saturated heterocycles. The van der Waals surface area contributed by atoms with Crippen molar-refractivity contribution in [3.63, 3.8) is 0 Å². The molecule has 176 valence electrons. The van der Waals surface area contributed by atoms with Gasteiger partial charge in [0.1, 0.15) is 16.4 Å². The number of nitrogens with one attached hydrogen (secondary N) is 2. The Bertz CT molecular complexity index is 1380. The predicted octanol–water partition coefficient (Wildman–Crippen LogP) is 4.40. The summed E-state index contributed by atoms with van der Waals surface area (Å²) in [5.74, 6) is 0.848. The number of aromatic nitrogens is 1. The smallest absolute Gasteiger partial charge is 0.277 e. The lowest BCUT2D eigenvalue weighted by molar-refractivity contribution is 0.101. The fourth-order valence-electron chi connectivity index (χ4n) is 3.07. The standard InChI is InChI=1S/C23H21N3O7S/c1-3-31-17-9-6-15(7-10-17)26-34(28,29)22-13-16(8-11-20(22)30-2)24-23(27)18-14-21(33-25-18)19-5-4-12-32-19/h4-14,26H,3H2,1-2H3,(H,24,27). The van der Waals surface area contributed by atoms with E-state index < -0.39 is 15.9 Å². The number of carbonyl (C=O) groups excluding carboxylic acids is 1. The Labute approximate surface area is 195 Å². The Morgan fingerprint density at radius 2 is 1.79 bits per heavy atom. The highest BCUT2D eigenvalue weighted by molar-refractivity contribution is 7.92. The van der Waals surface area contributed by atoms with Crippen molar-refractivity contribution < 1.29 is 31.6 Å². The van der Waals surface area contributed by atoms with Crippen molar-refractivity contribution in [2.45, 2.75) is 11.8 Å². The number of hydrogen-bond donors (Lipinski definition) is 2. The minimum atomic E-state index is -4.04. The Hall–Kier alpha value is -4.25. The number of anilines is 2. The van der Waals surface area contributed by atoms with E-state index in [4.69, 9.17) is 18.4 Å². The quantitative estimate of drug-likeness (QED) is 0.358. The number of hydrogen-bond acceptors (Lipinski definition) is 8. The molecule has 4 aromatic rings. The molecule has 0 saturated carbocycles. The average Bonchev–Trinajstić information content (AvgIpc) is 3.52. The average molecular weight is 484 g/mol. The molecule has 0 fully saturated rings. The van der Waals surface area contributed by atoms with E-state index in [0.29, 0.717) is 23.8 Å². The number of sulfonamides is 1. The van der Waals surface area contributed by atoms with Crippen LogP contribution in [0.5, 0.6) is 11.5 Å². The number of benzene rings is 2. The first kappa shape index (κ1) is 22.9. The summed E-state index contributed by atoms with van der Waals surface area (Å²) >= 11 is 0. The molecule has 0 atom stereocenters. The van der Waals surface area contributed by atoms with Crippen LogP contribution in [0.25, 0.3) is 11.5 Å². The summed E-state index contributed by atoms with van der Waals surface area (Å²) in [6.07, 6.45) is 1.47. The first-order valence-corrected chi connectivity index (χ1v) is 11.6.